The fourth-order valence-corrected chi connectivity index (χ4v) is 6.91. The third kappa shape index (κ3) is 5.18. The lowest BCUT2D eigenvalue weighted by Crippen LogP contribution is -2.39. The summed E-state index contributed by atoms with van der Waals surface area (Å²) in [5, 5.41) is 21.4. The smallest absolute Gasteiger partial charge is 0.143 e. The number of rotatable bonds is 9. The Balaban J connectivity index is 1.67. The molecule has 2 N–H and O–H groups in total. The second kappa shape index (κ2) is 10.7. The van der Waals surface area contributed by atoms with Crippen LogP contribution in [0.25, 0.3) is 0 Å². The van der Waals surface area contributed by atoms with Crippen LogP contribution >= 0.6 is 23.5 Å². The van der Waals surface area contributed by atoms with Gasteiger partial charge in [0, 0.05) is 11.5 Å². The Morgan fingerprint density at radius 3 is 1.55 bits per heavy atom. The molecular formula is C26H28O3S2. The number of aliphatic hydroxyl groups is 2. The summed E-state index contributed by atoms with van der Waals surface area (Å²) < 4.78 is 6.95. The highest BCUT2D eigenvalue weighted by molar-refractivity contribution is 8.20. The van der Waals surface area contributed by atoms with E-state index in [0.29, 0.717) is 11.0 Å². The van der Waals surface area contributed by atoms with Gasteiger partial charge in [0.05, 0.1) is 17.3 Å². The fourth-order valence-electron chi connectivity index (χ4n) is 3.99. The Hall–Kier alpha value is -1.76. The van der Waals surface area contributed by atoms with E-state index >= 15 is 0 Å². The first-order valence-corrected chi connectivity index (χ1v) is 12.7. The summed E-state index contributed by atoms with van der Waals surface area (Å²) in [6, 6.07) is 30.3. The highest BCUT2D eigenvalue weighted by Crippen LogP contribution is 2.41. The van der Waals surface area contributed by atoms with Gasteiger partial charge in [0.15, 0.2) is 0 Å². The molecule has 0 aliphatic carbocycles. The van der Waals surface area contributed by atoms with Crippen molar-refractivity contribution >= 4 is 23.5 Å². The number of aliphatic hydroxyl groups excluding tert-OH is 2. The summed E-state index contributed by atoms with van der Waals surface area (Å²) in [6.07, 6.45) is -1.21. The Labute approximate surface area is 192 Å². The Bertz CT molecular complexity index is 818. The zero-order valence-corrected chi connectivity index (χ0v) is 19.0. The van der Waals surface area contributed by atoms with Crippen LogP contribution in [0.15, 0.2) is 91.0 Å². The van der Waals surface area contributed by atoms with Gasteiger partial charge < -0.3 is 14.9 Å². The molecule has 1 heterocycles. The van der Waals surface area contributed by atoms with Crippen molar-refractivity contribution in [3.05, 3.63) is 108 Å². The van der Waals surface area contributed by atoms with E-state index in [-0.39, 0.29) is 6.61 Å². The molecule has 1 aliphatic rings. The lowest BCUT2D eigenvalue weighted by atomic mass is 9.80. The second-order valence-electron chi connectivity index (χ2n) is 7.63. The van der Waals surface area contributed by atoms with Gasteiger partial charge in [-0.05, 0) is 23.1 Å². The summed E-state index contributed by atoms with van der Waals surface area (Å²) in [5.41, 5.74) is 2.06. The first-order valence-electron chi connectivity index (χ1n) is 10.6. The minimum absolute atomic E-state index is 0.0297. The van der Waals surface area contributed by atoms with Crippen molar-refractivity contribution in [1.82, 2.24) is 0 Å². The molecule has 3 aromatic rings. The molecule has 5 heteroatoms. The molecule has 2 atom stereocenters. The van der Waals surface area contributed by atoms with Gasteiger partial charge in [-0.1, -0.05) is 91.0 Å². The monoisotopic (exact) mass is 452 g/mol. The van der Waals surface area contributed by atoms with E-state index in [2.05, 4.69) is 36.4 Å². The summed E-state index contributed by atoms with van der Waals surface area (Å²) in [5.74, 6) is 2.21. The minimum Gasteiger partial charge on any atom is -0.390 e. The molecule has 1 aliphatic heterocycles. The third-order valence-electron chi connectivity index (χ3n) is 5.58. The van der Waals surface area contributed by atoms with Crippen molar-refractivity contribution in [2.24, 2.45) is 0 Å². The van der Waals surface area contributed by atoms with E-state index in [4.69, 9.17) is 4.74 Å². The molecule has 4 rings (SSSR count). The van der Waals surface area contributed by atoms with Crippen LogP contribution in [-0.4, -0.2) is 45.1 Å². The highest BCUT2D eigenvalue weighted by atomic mass is 32.2. The Morgan fingerprint density at radius 2 is 1.13 bits per heavy atom. The lowest BCUT2D eigenvalue weighted by molar-refractivity contribution is -0.0788. The summed E-state index contributed by atoms with van der Waals surface area (Å²) in [6.45, 7) is 0.0297. The minimum atomic E-state index is -0.961. The molecule has 0 amide bonds. The Kier molecular flexibility index (Phi) is 7.75. The second-order valence-corrected chi connectivity index (χ2v) is 10.6. The van der Waals surface area contributed by atoms with Gasteiger partial charge in [-0.2, -0.15) is 0 Å². The van der Waals surface area contributed by atoms with Gasteiger partial charge in [-0.3, -0.25) is 0 Å². The maximum atomic E-state index is 10.8. The topological polar surface area (TPSA) is 49.7 Å². The van der Waals surface area contributed by atoms with E-state index < -0.39 is 17.8 Å². The Morgan fingerprint density at radius 1 is 0.710 bits per heavy atom. The average Bonchev–Trinajstić information content (AvgIpc) is 3.34. The SMILES string of the molecule is O[C@H](CC1SCCS1)[C@@H](O)COC(c1ccccc1)(c1ccccc1)c1ccccc1. The fraction of sp³-hybridized carbons (Fsp3) is 0.308. The van der Waals surface area contributed by atoms with Crippen LogP contribution in [0.3, 0.4) is 0 Å². The van der Waals surface area contributed by atoms with Gasteiger partial charge in [0.2, 0.25) is 0 Å². The van der Waals surface area contributed by atoms with Gasteiger partial charge in [-0.15, -0.1) is 23.5 Å². The summed E-state index contributed by atoms with van der Waals surface area (Å²) in [4.78, 5) is 0. The molecular weight excluding hydrogens is 424 g/mol. The van der Waals surface area contributed by atoms with Gasteiger partial charge in [0.1, 0.15) is 11.7 Å². The predicted molar refractivity (Wildman–Crippen MR) is 130 cm³/mol. The van der Waals surface area contributed by atoms with Crippen molar-refractivity contribution in [2.75, 3.05) is 18.1 Å². The molecule has 0 spiro atoms. The predicted octanol–water partition coefficient (Wildman–Crippen LogP) is 4.91. The number of hydrogen-bond acceptors (Lipinski definition) is 5. The largest absolute Gasteiger partial charge is 0.390 e. The van der Waals surface area contributed by atoms with Crippen molar-refractivity contribution in [3.8, 4) is 0 Å². The van der Waals surface area contributed by atoms with Crippen LogP contribution in [-0.2, 0) is 10.3 Å². The zero-order valence-electron chi connectivity index (χ0n) is 17.3. The number of hydrogen-bond donors (Lipinski definition) is 2. The van der Waals surface area contributed by atoms with E-state index in [9.17, 15) is 10.2 Å². The third-order valence-corrected chi connectivity index (χ3v) is 8.66. The van der Waals surface area contributed by atoms with E-state index in [1.165, 1.54) is 0 Å². The van der Waals surface area contributed by atoms with Crippen molar-refractivity contribution in [2.45, 2.75) is 28.8 Å². The first kappa shape index (κ1) is 22.4. The number of ether oxygens (including phenoxy) is 1. The average molecular weight is 453 g/mol. The standard InChI is InChI=1S/C26H28O3S2/c27-23(18-25-30-16-17-31-25)24(28)19-29-26(20-10-4-1-5-11-20,21-12-6-2-7-13-21)22-14-8-3-9-15-22/h1-15,23-25,27-28H,16-19H2/t23-,24+/m1/s1. The molecule has 1 fully saturated rings. The van der Waals surface area contributed by atoms with E-state index in [1.54, 1.807) is 0 Å². The van der Waals surface area contributed by atoms with E-state index in [0.717, 1.165) is 28.2 Å². The maximum Gasteiger partial charge on any atom is 0.143 e. The van der Waals surface area contributed by atoms with E-state index in [1.807, 2.05) is 78.1 Å². The van der Waals surface area contributed by atoms with Crippen LogP contribution in [0.4, 0.5) is 0 Å². The molecule has 0 saturated carbocycles. The lowest BCUT2D eigenvalue weighted by Gasteiger charge is -2.37. The number of thioether (sulfide) groups is 2. The van der Waals surface area contributed by atoms with Crippen LogP contribution in [0, 0.1) is 0 Å². The summed E-state index contributed by atoms with van der Waals surface area (Å²) >= 11 is 3.71. The van der Waals surface area contributed by atoms with Crippen molar-refractivity contribution in [3.63, 3.8) is 0 Å². The van der Waals surface area contributed by atoms with Crippen LogP contribution < -0.4 is 0 Å². The molecule has 1 saturated heterocycles. The van der Waals surface area contributed by atoms with Crippen LogP contribution in [0.5, 0.6) is 0 Å². The van der Waals surface area contributed by atoms with Gasteiger partial charge in [0.25, 0.3) is 0 Å². The van der Waals surface area contributed by atoms with Gasteiger partial charge >= 0.3 is 0 Å². The summed E-state index contributed by atoms with van der Waals surface area (Å²) in [7, 11) is 0. The highest BCUT2D eigenvalue weighted by Gasteiger charge is 2.38. The molecule has 162 valence electrons. The molecule has 0 bridgehead atoms. The van der Waals surface area contributed by atoms with Crippen molar-refractivity contribution < 1.29 is 14.9 Å². The molecule has 0 radical (unpaired) electrons. The quantitative estimate of drug-likeness (QED) is 0.452. The molecule has 0 aromatic heterocycles. The zero-order chi connectivity index (χ0) is 21.5. The normalized spacial score (nSPS) is 16.8. The van der Waals surface area contributed by atoms with Crippen LogP contribution in [0.2, 0.25) is 0 Å². The molecule has 0 unspecified atom stereocenters. The number of benzene rings is 3. The molecule has 31 heavy (non-hydrogen) atoms. The maximum absolute atomic E-state index is 10.8. The van der Waals surface area contributed by atoms with Crippen LogP contribution in [0.1, 0.15) is 23.1 Å². The van der Waals surface area contributed by atoms with Crippen molar-refractivity contribution in [1.29, 1.82) is 0 Å². The van der Waals surface area contributed by atoms with Gasteiger partial charge in [-0.25, -0.2) is 0 Å². The first-order chi connectivity index (χ1) is 15.2. The molecule has 3 aromatic carbocycles. The molecule has 3 nitrogen and oxygen atoms in total.